The Morgan fingerprint density at radius 2 is 1.82 bits per heavy atom. The number of carbonyl (C=O) groups is 4. The molecule has 2 atom stereocenters. The number of hydrogen-bond donors (Lipinski definition) is 2. The fraction of sp³-hybridized carbons (Fsp3) is 0.396. The molecule has 3 aromatic carbocycles. The number of nitrogens with zero attached hydrogens (tertiary/aromatic N) is 6. The first-order valence-corrected chi connectivity index (χ1v) is 23.1. The summed E-state index contributed by atoms with van der Waals surface area (Å²) in [5.74, 6) is -1.77. The van der Waals surface area contributed by atoms with Gasteiger partial charge in [0.05, 0.1) is 38.0 Å². The summed E-state index contributed by atoms with van der Waals surface area (Å²) in [4.78, 5) is 70.6. The van der Waals surface area contributed by atoms with E-state index in [4.69, 9.17) is 9.47 Å². The number of aromatic nitrogens is 2. The molecule has 67 heavy (non-hydrogen) atoms. The number of likely N-dealkylation sites (N-methyl/N-ethyl adjacent to an activating group) is 1. The fourth-order valence-corrected chi connectivity index (χ4v) is 9.05. The summed E-state index contributed by atoms with van der Waals surface area (Å²) in [5.41, 5.74) is 12.4. The third kappa shape index (κ3) is 11.5. The number of carbonyl (C=O) groups excluding carboxylic acids is 4. The Hall–Kier alpha value is -6.73. The standard InChI is InChI=1S/C53H62N8O6/c1-8-60-46-20-19-39-28-41(46)42(49(60)43-31-54-23-21-40(43)32-66-7)29-53(4,5)33-67-52(65)44-18-13-25-61(58-44)51(64)45(27-37-16-12-17-38(39)26-37)57-50(63)48(35(2)3)59(6)47(62)22-24-55-34-56-30-36-14-10-9-11-15-36/h9-12,14-17,19-21,23,26,28,31,44-45,58H,8,13,18,22,24-25,27,29-30,32-33H2,1-7H3,(H,57,63)/t44-,45-/m0/s1. The second kappa shape index (κ2) is 21.7. The molecular weight excluding hydrogens is 845 g/mol. The number of ether oxygens (including phenoxy) is 2. The highest BCUT2D eigenvalue weighted by molar-refractivity contribution is 6.00. The number of methoxy groups -OCH3 is 1. The number of aliphatic imine (C=N–C) groups is 2. The van der Waals surface area contributed by atoms with Crippen molar-refractivity contribution in [2.24, 2.45) is 15.4 Å². The summed E-state index contributed by atoms with van der Waals surface area (Å²) < 4.78 is 14.1. The monoisotopic (exact) mass is 906 g/mol. The van der Waals surface area contributed by atoms with Crippen LogP contribution in [-0.4, -0.2) is 95.1 Å². The minimum atomic E-state index is -1.07. The molecule has 5 aromatic rings. The van der Waals surface area contributed by atoms with Gasteiger partial charge in [-0.1, -0.05) is 74.5 Å². The molecule has 3 amide bonds. The molecule has 2 aliphatic rings. The van der Waals surface area contributed by atoms with Crippen molar-refractivity contribution in [1.29, 1.82) is 0 Å². The first-order chi connectivity index (χ1) is 32.3. The molecule has 4 heterocycles. The van der Waals surface area contributed by atoms with Gasteiger partial charge in [0.15, 0.2) is 0 Å². The topological polar surface area (TPSA) is 160 Å². The van der Waals surface area contributed by atoms with Gasteiger partial charge in [0.25, 0.3) is 11.8 Å². The number of esters is 1. The summed E-state index contributed by atoms with van der Waals surface area (Å²) in [5, 5.41) is 5.50. The lowest BCUT2D eigenvalue weighted by Gasteiger charge is -2.36. The first kappa shape index (κ1) is 48.2. The van der Waals surface area contributed by atoms with Crippen LogP contribution in [0.25, 0.3) is 33.3 Å². The van der Waals surface area contributed by atoms with Crippen LogP contribution < -0.4 is 10.7 Å². The molecule has 6 bridgehead atoms. The second-order valence-electron chi connectivity index (χ2n) is 18.3. The minimum Gasteiger partial charge on any atom is -0.464 e. The average Bonchev–Trinajstić information content (AvgIpc) is 3.62. The minimum absolute atomic E-state index is 0.0199. The van der Waals surface area contributed by atoms with Gasteiger partial charge in [-0.05, 0) is 97.2 Å². The number of hydrogen-bond acceptors (Lipinski definition) is 10. The zero-order valence-corrected chi connectivity index (χ0v) is 39.7. The lowest BCUT2D eigenvalue weighted by atomic mass is 9.84. The summed E-state index contributed by atoms with van der Waals surface area (Å²) in [6.45, 7) is 12.0. The van der Waals surface area contributed by atoms with E-state index in [2.05, 4.69) is 87.4 Å². The molecule has 1 fully saturated rings. The zero-order valence-electron chi connectivity index (χ0n) is 39.7. The maximum absolute atomic E-state index is 14.6. The van der Waals surface area contributed by atoms with Crippen LogP contribution >= 0.6 is 0 Å². The number of cyclic esters (lactones) is 1. The predicted octanol–water partition coefficient (Wildman–Crippen LogP) is 7.70. The molecule has 2 N–H and O–H groups in total. The molecule has 350 valence electrons. The predicted molar refractivity (Wildman–Crippen MR) is 260 cm³/mol. The summed E-state index contributed by atoms with van der Waals surface area (Å²) in [7, 11) is 3.24. The van der Waals surface area contributed by atoms with E-state index >= 15 is 0 Å². The van der Waals surface area contributed by atoms with Crippen molar-refractivity contribution in [3.8, 4) is 22.4 Å². The normalized spacial score (nSPS) is 17.1. The van der Waals surface area contributed by atoms with Gasteiger partial charge in [-0.3, -0.25) is 29.2 Å². The average molecular weight is 907 g/mol. The number of amides is 3. The number of allylic oxidation sites excluding steroid dienone is 1. The third-order valence-corrected chi connectivity index (χ3v) is 12.3. The second-order valence-corrected chi connectivity index (χ2v) is 18.3. The number of fused-ring (bicyclic) bond motifs is 6. The lowest BCUT2D eigenvalue weighted by molar-refractivity contribution is -0.155. The quantitative estimate of drug-likeness (QED) is 0.0732. The third-order valence-electron chi connectivity index (χ3n) is 12.3. The number of nitrogens with one attached hydrogen (secondary N) is 2. The van der Waals surface area contributed by atoms with E-state index in [-0.39, 0.29) is 37.6 Å². The molecule has 1 saturated heterocycles. The number of rotatable bonds is 12. The molecule has 0 aliphatic carbocycles. The van der Waals surface area contributed by atoms with E-state index in [0.717, 1.165) is 55.5 Å². The van der Waals surface area contributed by atoms with Crippen molar-refractivity contribution in [3.63, 3.8) is 0 Å². The number of aryl methyl sites for hydroxylation is 1. The van der Waals surface area contributed by atoms with Crippen LogP contribution in [0.3, 0.4) is 0 Å². The van der Waals surface area contributed by atoms with Crippen LogP contribution in [0.2, 0.25) is 0 Å². The molecule has 0 saturated carbocycles. The Bertz CT molecular complexity index is 2710. The molecular formula is C53H62N8O6. The smallest absolute Gasteiger partial charge is 0.324 e. The summed E-state index contributed by atoms with van der Waals surface area (Å²) in [6, 6.07) is 27.1. The van der Waals surface area contributed by atoms with E-state index in [9.17, 15) is 19.2 Å². The van der Waals surface area contributed by atoms with Gasteiger partial charge < -0.3 is 24.3 Å². The zero-order chi connectivity index (χ0) is 47.7. The highest BCUT2D eigenvalue weighted by atomic mass is 16.5. The van der Waals surface area contributed by atoms with Crippen LogP contribution in [-0.2, 0) is 61.2 Å². The van der Waals surface area contributed by atoms with E-state index in [1.807, 2.05) is 54.7 Å². The van der Waals surface area contributed by atoms with Gasteiger partial charge in [-0.2, -0.15) is 0 Å². The van der Waals surface area contributed by atoms with Gasteiger partial charge in [0.1, 0.15) is 17.8 Å². The molecule has 14 nitrogen and oxygen atoms in total. The maximum Gasteiger partial charge on any atom is 0.324 e. The Kier molecular flexibility index (Phi) is 15.6. The van der Waals surface area contributed by atoms with Gasteiger partial charge in [-0.25, -0.2) is 15.4 Å². The van der Waals surface area contributed by atoms with E-state index in [1.165, 1.54) is 9.91 Å². The van der Waals surface area contributed by atoms with Gasteiger partial charge in [0.2, 0.25) is 5.91 Å². The Labute approximate surface area is 393 Å². The Morgan fingerprint density at radius 1 is 1.03 bits per heavy atom. The first-order valence-electron chi connectivity index (χ1n) is 23.1. The number of hydrazine groups is 1. The fourth-order valence-electron chi connectivity index (χ4n) is 9.05. The molecule has 7 rings (SSSR count). The highest BCUT2D eigenvalue weighted by Gasteiger charge is 2.36. The Morgan fingerprint density at radius 3 is 2.58 bits per heavy atom. The van der Waals surface area contributed by atoms with Crippen molar-refractivity contribution < 1.29 is 28.7 Å². The SMILES string of the molecule is CCn1c(-c2cnccc2COC)c2c3cc(ccc31)-c1cccc(c1)C[C@H](NC(=O)C(=C(C)C)N(C)C(=O)CCN=C=NCc1ccccc1)C(=O)N1CCC[C@H](N1)C(=O)OCC(C)(C)C2. The van der Waals surface area contributed by atoms with E-state index in [1.54, 1.807) is 34.2 Å². The number of benzene rings is 3. The highest BCUT2D eigenvalue weighted by Crippen LogP contribution is 2.41. The van der Waals surface area contributed by atoms with Crippen molar-refractivity contribution in [1.82, 2.24) is 30.2 Å². The van der Waals surface area contributed by atoms with E-state index in [0.29, 0.717) is 51.1 Å². The van der Waals surface area contributed by atoms with Crippen molar-refractivity contribution in [3.05, 3.63) is 125 Å². The number of pyridine rings is 1. The molecule has 2 aromatic heterocycles. The van der Waals surface area contributed by atoms with Crippen LogP contribution in [0.1, 0.15) is 76.1 Å². The summed E-state index contributed by atoms with van der Waals surface area (Å²) in [6.07, 6.45) is 5.46. The largest absolute Gasteiger partial charge is 0.464 e. The van der Waals surface area contributed by atoms with Crippen molar-refractivity contribution in [2.75, 3.05) is 33.9 Å². The van der Waals surface area contributed by atoms with Crippen LogP contribution in [0, 0.1) is 5.41 Å². The van der Waals surface area contributed by atoms with Gasteiger partial charge in [-0.15, -0.1) is 0 Å². The van der Waals surface area contributed by atoms with Crippen molar-refractivity contribution >= 4 is 40.6 Å². The molecule has 0 spiro atoms. The lowest BCUT2D eigenvalue weighted by Crippen LogP contribution is -2.60. The van der Waals surface area contributed by atoms with Crippen LogP contribution in [0.15, 0.2) is 113 Å². The van der Waals surface area contributed by atoms with Gasteiger partial charge in [0, 0.05) is 74.4 Å². The molecule has 0 unspecified atom stereocenters. The molecule has 2 aliphatic heterocycles. The summed E-state index contributed by atoms with van der Waals surface area (Å²) >= 11 is 0. The van der Waals surface area contributed by atoms with Crippen LogP contribution in [0.4, 0.5) is 0 Å². The van der Waals surface area contributed by atoms with Crippen LogP contribution in [0.5, 0.6) is 0 Å². The van der Waals surface area contributed by atoms with Gasteiger partial charge >= 0.3 is 5.97 Å². The van der Waals surface area contributed by atoms with E-state index < -0.39 is 35.3 Å². The Balaban J connectivity index is 1.22. The molecule has 14 heteroatoms. The molecule has 0 radical (unpaired) electrons. The van der Waals surface area contributed by atoms with Crippen molar-refractivity contribution in [2.45, 2.75) is 98.5 Å². The maximum atomic E-state index is 14.6.